The van der Waals surface area contributed by atoms with Gasteiger partial charge in [0.25, 0.3) is 0 Å². The predicted molar refractivity (Wildman–Crippen MR) is 124 cm³/mol. The molecule has 1 aromatic heterocycles. The van der Waals surface area contributed by atoms with Crippen molar-refractivity contribution in [1.29, 1.82) is 0 Å². The maximum Gasteiger partial charge on any atom is 0.196 e. The van der Waals surface area contributed by atoms with Crippen LogP contribution in [0.2, 0.25) is 0 Å². The molecule has 5 nitrogen and oxygen atoms in total. The highest BCUT2D eigenvalue weighted by Crippen LogP contribution is 2.27. The van der Waals surface area contributed by atoms with E-state index in [1.807, 2.05) is 10.6 Å². The molecule has 0 bridgehead atoms. The maximum absolute atomic E-state index is 13.5. The summed E-state index contributed by atoms with van der Waals surface area (Å²) in [6.45, 7) is 2.80. The van der Waals surface area contributed by atoms with Gasteiger partial charge in [-0.05, 0) is 86.7 Å². The Morgan fingerprint density at radius 3 is 2.53 bits per heavy atom. The number of likely N-dealkylation sites (tertiary alicyclic amines) is 1. The van der Waals surface area contributed by atoms with E-state index < -0.39 is 0 Å². The van der Waals surface area contributed by atoms with Crippen molar-refractivity contribution in [2.24, 2.45) is 0 Å². The molecule has 0 unspecified atom stereocenters. The van der Waals surface area contributed by atoms with Crippen LogP contribution in [0.3, 0.4) is 0 Å². The molecule has 5 rings (SSSR count). The quantitative estimate of drug-likeness (QED) is 0.380. The molecular formula is C25H27FN4OS. The molecule has 0 N–H and O–H groups in total. The molecule has 1 fully saturated rings. The van der Waals surface area contributed by atoms with E-state index in [2.05, 4.69) is 27.2 Å². The Labute approximate surface area is 192 Å². The van der Waals surface area contributed by atoms with E-state index in [0.29, 0.717) is 17.5 Å². The molecule has 1 aliphatic carbocycles. The van der Waals surface area contributed by atoms with Gasteiger partial charge in [0, 0.05) is 11.3 Å². The molecular weight excluding hydrogens is 423 g/mol. The number of hydrogen-bond donors (Lipinski definition) is 0. The van der Waals surface area contributed by atoms with Crippen molar-refractivity contribution in [2.75, 3.05) is 18.8 Å². The smallest absolute Gasteiger partial charge is 0.196 e. The van der Waals surface area contributed by atoms with Gasteiger partial charge < -0.3 is 0 Å². The SMILES string of the molecule is O=C(CSc1nnc(CN2CCCCC2)n1-c1ccc(F)cc1)c1ccc2c(c1)CCC2. The number of benzene rings is 2. The second-order valence-corrected chi connectivity index (χ2v) is 9.54. The molecule has 32 heavy (non-hydrogen) atoms. The van der Waals surface area contributed by atoms with Crippen LogP contribution in [0.15, 0.2) is 47.6 Å². The second-order valence-electron chi connectivity index (χ2n) is 8.60. The van der Waals surface area contributed by atoms with Crippen LogP contribution in [0.5, 0.6) is 0 Å². The first-order chi connectivity index (χ1) is 15.7. The van der Waals surface area contributed by atoms with Crippen molar-refractivity contribution < 1.29 is 9.18 Å². The van der Waals surface area contributed by atoms with E-state index in [0.717, 1.165) is 43.0 Å². The summed E-state index contributed by atoms with van der Waals surface area (Å²) in [5.74, 6) is 0.935. The molecule has 0 saturated carbocycles. The number of piperidine rings is 1. The van der Waals surface area contributed by atoms with Gasteiger partial charge in [0.15, 0.2) is 16.8 Å². The van der Waals surface area contributed by atoms with Gasteiger partial charge in [-0.2, -0.15) is 0 Å². The van der Waals surface area contributed by atoms with E-state index >= 15 is 0 Å². The van der Waals surface area contributed by atoms with Crippen molar-refractivity contribution in [3.63, 3.8) is 0 Å². The lowest BCUT2D eigenvalue weighted by Crippen LogP contribution is -2.30. The van der Waals surface area contributed by atoms with E-state index in [1.54, 1.807) is 12.1 Å². The van der Waals surface area contributed by atoms with Gasteiger partial charge in [-0.15, -0.1) is 10.2 Å². The number of thioether (sulfide) groups is 1. The molecule has 0 atom stereocenters. The molecule has 7 heteroatoms. The number of nitrogens with zero attached hydrogens (tertiary/aromatic N) is 4. The highest BCUT2D eigenvalue weighted by molar-refractivity contribution is 7.99. The fourth-order valence-corrected chi connectivity index (χ4v) is 5.49. The number of aryl methyl sites for hydroxylation is 2. The summed E-state index contributed by atoms with van der Waals surface area (Å²) in [6.07, 6.45) is 7.00. The predicted octanol–water partition coefficient (Wildman–Crippen LogP) is 4.86. The van der Waals surface area contributed by atoms with E-state index in [4.69, 9.17) is 0 Å². The Balaban J connectivity index is 1.36. The number of hydrogen-bond acceptors (Lipinski definition) is 5. The van der Waals surface area contributed by atoms with E-state index in [9.17, 15) is 9.18 Å². The van der Waals surface area contributed by atoms with Crippen molar-refractivity contribution in [1.82, 2.24) is 19.7 Å². The standard InChI is InChI=1S/C25H27FN4OS/c26-21-9-11-22(12-10-21)30-24(16-29-13-2-1-3-14-29)27-28-25(30)32-17-23(31)20-8-7-18-5-4-6-19(18)15-20/h7-12,15H,1-6,13-14,16-17H2. The van der Waals surface area contributed by atoms with Crippen molar-refractivity contribution >= 4 is 17.5 Å². The number of fused-ring (bicyclic) bond motifs is 1. The zero-order chi connectivity index (χ0) is 21.9. The number of carbonyl (C=O) groups is 1. The molecule has 2 aliphatic rings. The van der Waals surface area contributed by atoms with Crippen LogP contribution in [0.1, 0.15) is 53.0 Å². The van der Waals surface area contributed by atoms with Crippen molar-refractivity contribution in [3.8, 4) is 5.69 Å². The molecule has 0 spiro atoms. The largest absolute Gasteiger partial charge is 0.296 e. The first-order valence-electron chi connectivity index (χ1n) is 11.4. The summed E-state index contributed by atoms with van der Waals surface area (Å²) in [7, 11) is 0. The minimum Gasteiger partial charge on any atom is -0.296 e. The Hall–Kier alpha value is -2.51. The zero-order valence-corrected chi connectivity index (χ0v) is 18.9. The number of halogens is 1. The molecule has 0 amide bonds. The summed E-state index contributed by atoms with van der Waals surface area (Å²) in [5, 5.41) is 9.52. The highest BCUT2D eigenvalue weighted by Gasteiger charge is 2.20. The Morgan fingerprint density at radius 1 is 0.938 bits per heavy atom. The van der Waals surface area contributed by atoms with Gasteiger partial charge in [-0.3, -0.25) is 14.3 Å². The lowest BCUT2D eigenvalue weighted by Gasteiger charge is -2.26. The molecule has 2 heterocycles. The van der Waals surface area contributed by atoms with Gasteiger partial charge in [0.05, 0.1) is 12.3 Å². The van der Waals surface area contributed by atoms with Crippen molar-refractivity contribution in [2.45, 2.75) is 50.2 Å². The van der Waals surface area contributed by atoms with Crippen LogP contribution in [-0.2, 0) is 19.4 Å². The van der Waals surface area contributed by atoms with Gasteiger partial charge >= 0.3 is 0 Å². The van der Waals surface area contributed by atoms with Gasteiger partial charge in [-0.25, -0.2) is 4.39 Å². The molecule has 1 saturated heterocycles. The maximum atomic E-state index is 13.5. The van der Waals surface area contributed by atoms with Crippen LogP contribution >= 0.6 is 11.8 Å². The summed E-state index contributed by atoms with van der Waals surface area (Å²) < 4.78 is 15.5. The summed E-state index contributed by atoms with van der Waals surface area (Å²) in [4.78, 5) is 15.3. The normalized spacial score (nSPS) is 16.3. The fraction of sp³-hybridized carbons (Fsp3) is 0.400. The average molecular weight is 451 g/mol. The molecule has 2 aromatic carbocycles. The Bertz CT molecular complexity index is 1110. The molecule has 166 valence electrons. The third-order valence-electron chi connectivity index (χ3n) is 6.35. The molecule has 0 radical (unpaired) electrons. The number of Topliss-reactive ketones (excluding diaryl/α,β-unsaturated/α-hetero) is 1. The third-order valence-corrected chi connectivity index (χ3v) is 7.28. The second kappa shape index (κ2) is 9.55. The van der Waals surface area contributed by atoms with E-state index in [1.165, 1.54) is 60.7 Å². The minimum absolute atomic E-state index is 0.0935. The number of ketones is 1. The third kappa shape index (κ3) is 4.64. The van der Waals surface area contributed by atoms with Crippen LogP contribution in [-0.4, -0.2) is 44.3 Å². The van der Waals surface area contributed by atoms with Crippen LogP contribution < -0.4 is 0 Å². The van der Waals surface area contributed by atoms with Crippen LogP contribution in [0.25, 0.3) is 5.69 Å². The van der Waals surface area contributed by atoms with Crippen LogP contribution in [0.4, 0.5) is 4.39 Å². The van der Waals surface area contributed by atoms with Gasteiger partial charge in [0.1, 0.15) is 5.82 Å². The highest BCUT2D eigenvalue weighted by atomic mass is 32.2. The summed E-state index contributed by atoms with van der Waals surface area (Å²) >= 11 is 1.39. The number of carbonyl (C=O) groups excluding carboxylic acids is 1. The molecule has 1 aliphatic heterocycles. The van der Waals surface area contributed by atoms with Crippen LogP contribution in [0, 0.1) is 5.82 Å². The minimum atomic E-state index is -0.277. The monoisotopic (exact) mass is 450 g/mol. The lowest BCUT2D eigenvalue weighted by molar-refractivity contribution is 0.102. The van der Waals surface area contributed by atoms with Gasteiger partial charge in [0.2, 0.25) is 0 Å². The number of rotatable bonds is 7. The van der Waals surface area contributed by atoms with Gasteiger partial charge in [-0.1, -0.05) is 30.3 Å². The Morgan fingerprint density at radius 2 is 1.72 bits per heavy atom. The zero-order valence-electron chi connectivity index (χ0n) is 18.1. The first kappa shape index (κ1) is 21.3. The first-order valence-corrected chi connectivity index (χ1v) is 12.4. The topological polar surface area (TPSA) is 51.0 Å². The lowest BCUT2D eigenvalue weighted by atomic mass is 10.0. The number of aromatic nitrogens is 3. The summed E-state index contributed by atoms with van der Waals surface area (Å²) in [5.41, 5.74) is 4.25. The Kier molecular flexibility index (Phi) is 6.37. The molecule has 3 aromatic rings. The van der Waals surface area contributed by atoms with E-state index in [-0.39, 0.29) is 11.6 Å². The summed E-state index contributed by atoms with van der Waals surface area (Å²) in [6, 6.07) is 12.5. The fourth-order valence-electron chi connectivity index (χ4n) is 4.62. The average Bonchev–Trinajstić information content (AvgIpc) is 3.45. The van der Waals surface area contributed by atoms with Crippen molar-refractivity contribution in [3.05, 3.63) is 70.8 Å².